The lowest BCUT2D eigenvalue weighted by molar-refractivity contribution is 0.197. The maximum atomic E-state index is 5.06. The van der Waals surface area contributed by atoms with E-state index < -0.39 is 0 Å². The molecule has 5 nitrogen and oxygen atoms in total. The number of nitrogens with zero attached hydrogens (tertiary/aromatic N) is 2. The molecule has 1 aliphatic rings. The first kappa shape index (κ1) is 18.7. The van der Waals surface area contributed by atoms with Crippen LogP contribution in [-0.4, -0.2) is 57.3 Å². The summed E-state index contributed by atoms with van der Waals surface area (Å²) in [6.45, 7) is 8.88. The van der Waals surface area contributed by atoms with Crippen molar-refractivity contribution in [2.45, 2.75) is 32.7 Å². The van der Waals surface area contributed by atoms with Crippen molar-refractivity contribution >= 4 is 5.96 Å². The first-order valence-corrected chi connectivity index (χ1v) is 9.13. The minimum atomic E-state index is 0.763. The lowest BCUT2D eigenvalue weighted by Gasteiger charge is -2.28. The first-order valence-electron chi connectivity index (χ1n) is 9.13. The summed E-state index contributed by atoms with van der Waals surface area (Å²) in [6.07, 6.45) is 3.26. The number of hydrogen-bond donors (Lipinski definition) is 2. The molecule has 0 spiro atoms. The number of hydrogen-bond acceptors (Lipinski definition) is 3. The Morgan fingerprint density at radius 2 is 2.04 bits per heavy atom. The molecule has 0 amide bonds. The van der Waals surface area contributed by atoms with Crippen LogP contribution in [0, 0.1) is 0 Å². The molecule has 0 atom stereocenters. The summed E-state index contributed by atoms with van der Waals surface area (Å²) in [4.78, 5) is 7.11. The van der Waals surface area contributed by atoms with Crippen LogP contribution in [-0.2, 0) is 17.7 Å². The Morgan fingerprint density at radius 3 is 2.83 bits per heavy atom. The van der Waals surface area contributed by atoms with Gasteiger partial charge in [0.2, 0.25) is 0 Å². The molecular formula is C19H32N4O. The van der Waals surface area contributed by atoms with Crippen LogP contribution in [0.2, 0.25) is 0 Å². The third-order valence-electron chi connectivity index (χ3n) is 4.27. The Labute approximate surface area is 146 Å². The molecule has 24 heavy (non-hydrogen) atoms. The van der Waals surface area contributed by atoms with Crippen molar-refractivity contribution in [3.63, 3.8) is 0 Å². The van der Waals surface area contributed by atoms with Gasteiger partial charge in [-0.25, -0.2) is 0 Å². The minimum Gasteiger partial charge on any atom is -0.385 e. The van der Waals surface area contributed by atoms with Crippen LogP contribution in [0.15, 0.2) is 29.3 Å². The van der Waals surface area contributed by atoms with Gasteiger partial charge in [0.05, 0.1) is 0 Å². The number of rotatable bonds is 9. The summed E-state index contributed by atoms with van der Waals surface area (Å²) in [6, 6.07) is 8.81. The molecule has 0 aliphatic carbocycles. The topological polar surface area (TPSA) is 48.9 Å². The molecule has 1 aromatic rings. The molecule has 134 valence electrons. The van der Waals surface area contributed by atoms with E-state index in [0.717, 1.165) is 58.1 Å². The zero-order valence-corrected chi connectivity index (χ0v) is 15.2. The summed E-state index contributed by atoms with van der Waals surface area (Å²) in [5.74, 6) is 0.914. The minimum absolute atomic E-state index is 0.763. The van der Waals surface area contributed by atoms with E-state index in [2.05, 4.69) is 51.7 Å². The average molecular weight is 332 g/mol. The highest BCUT2D eigenvalue weighted by Crippen LogP contribution is 2.18. The van der Waals surface area contributed by atoms with Gasteiger partial charge < -0.3 is 15.4 Å². The van der Waals surface area contributed by atoms with E-state index in [1.807, 2.05) is 0 Å². The van der Waals surface area contributed by atoms with Crippen LogP contribution in [0.3, 0.4) is 0 Å². The molecule has 5 heteroatoms. The van der Waals surface area contributed by atoms with E-state index in [-0.39, 0.29) is 0 Å². The van der Waals surface area contributed by atoms with Crippen molar-refractivity contribution in [2.75, 3.05) is 46.4 Å². The quantitative estimate of drug-likeness (QED) is 0.413. The SMILES string of the molecule is CCNC(=NCCCOC)NCCCN1CCc2ccccc2C1. The monoisotopic (exact) mass is 332 g/mol. The smallest absolute Gasteiger partial charge is 0.191 e. The average Bonchev–Trinajstić information content (AvgIpc) is 2.62. The predicted octanol–water partition coefficient (Wildman–Crippen LogP) is 2.03. The second-order valence-corrected chi connectivity index (χ2v) is 6.18. The molecule has 2 rings (SSSR count). The maximum absolute atomic E-state index is 5.06. The molecule has 0 bridgehead atoms. The van der Waals surface area contributed by atoms with Gasteiger partial charge >= 0.3 is 0 Å². The Balaban J connectivity index is 1.66. The highest BCUT2D eigenvalue weighted by Gasteiger charge is 2.14. The van der Waals surface area contributed by atoms with Gasteiger partial charge in [-0.3, -0.25) is 9.89 Å². The largest absolute Gasteiger partial charge is 0.385 e. The molecule has 0 saturated heterocycles. The number of ether oxygens (including phenoxy) is 1. The van der Waals surface area contributed by atoms with E-state index in [0.29, 0.717) is 0 Å². The Morgan fingerprint density at radius 1 is 1.21 bits per heavy atom. The van der Waals surface area contributed by atoms with Crippen molar-refractivity contribution in [3.8, 4) is 0 Å². The van der Waals surface area contributed by atoms with E-state index >= 15 is 0 Å². The summed E-state index contributed by atoms with van der Waals surface area (Å²) in [5, 5.41) is 6.72. The third-order valence-corrected chi connectivity index (χ3v) is 4.27. The Hall–Kier alpha value is -1.59. The fourth-order valence-corrected chi connectivity index (χ4v) is 3.00. The van der Waals surface area contributed by atoms with Gasteiger partial charge in [-0.1, -0.05) is 24.3 Å². The highest BCUT2D eigenvalue weighted by molar-refractivity contribution is 5.79. The van der Waals surface area contributed by atoms with Gasteiger partial charge in [-0.05, 0) is 37.3 Å². The van der Waals surface area contributed by atoms with Crippen molar-refractivity contribution in [1.29, 1.82) is 0 Å². The summed E-state index contributed by atoms with van der Waals surface area (Å²) >= 11 is 0. The number of nitrogens with one attached hydrogen (secondary N) is 2. The van der Waals surface area contributed by atoms with E-state index in [1.165, 1.54) is 24.1 Å². The molecule has 0 unspecified atom stereocenters. The maximum Gasteiger partial charge on any atom is 0.191 e. The van der Waals surface area contributed by atoms with Crippen molar-refractivity contribution in [3.05, 3.63) is 35.4 Å². The molecule has 0 saturated carbocycles. The molecule has 2 N–H and O–H groups in total. The summed E-state index contributed by atoms with van der Waals surface area (Å²) in [5.41, 5.74) is 3.01. The fraction of sp³-hybridized carbons (Fsp3) is 0.632. The van der Waals surface area contributed by atoms with Gasteiger partial charge in [-0.2, -0.15) is 0 Å². The van der Waals surface area contributed by atoms with Crippen LogP contribution in [0.4, 0.5) is 0 Å². The van der Waals surface area contributed by atoms with Crippen LogP contribution >= 0.6 is 0 Å². The third kappa shape index (κ3) is 6.49. The number of methoxy groups -OCH3 is 1. The number of guanidine groups is 1. The lowest BCUT2D eigenvalue weighted by Crippen LogP contribution is -2.39. The van der Waals surface area contributed by atoms with Crippen LogP contribution in [0.5, 0.6) is 0 Å². The van der Waals surface area contributed by atoms with Gasteiger partial charge in [0.25, 0.3) is 0 Å². The fourth-order valence-electron chi connectivity index (χ4n) is 3.00. The summed E-state index contributed by atoms with van der Waals surface area (Å²) in [7, 11) is 1.73. The van der Waals surface area contributed by atoms with Gasteiger partial charge in [0.15, 0.2) is 5.96 Å². The van der Waals surface area contributed by atoms with Gasteiger partial charge in [0.1, 0.15) is 0 Å². The van der Waals surface area contributed by atoms with E-state index in [1.54, 1.807) is 7.11 Å². The van der Waals surface area contributed by atoms with Crippen molar-refractivity contribution < 1.29 is 4.74 Å². The van der Waals surface area contributed by atoms with Gasteiger partial charge in [-0.15, -0.1) is 0 Å². The van der Waals surface area contributed by atoms with Gasteiger partial charge in [0, 0.05) is 53.0 Å². The zero-order valence-electron chi connectivity index (χ0n) is 15.2. The van der Waals surface area contributed by atoms with E-state index in [9.17, 15) is 0 Å². The van der Waals surface area contributed by atoms with E-state index in [4.69, 9.17) is 4.74 Å². The molecule has 1 aromatic carbocycles. The van der Waals surface area contributed by atoms with Crippen LogP contribution in [0.1, 0.15) is 30.9 Å². The van der Waals surface area contributed by atoms with Crippen molar-refractivity contribution in [2.24, 2.45) is 4.99 Å². The Kier molecular flexibility index (Phi) is 8.63. The number of benzene rings is 1. The lowest BCUT2D eigenvalue weighted by atomic mass is 10.00. The standard InChI is InChI=1S/C19H32N4O/c1-3-20-19(22-12-7-15-24-2)21-11-6-13-23-14-10-17-8-4-5-9-18(17)16-23/h4-5,8-9H,3,6-7,10-16H2,1-2H3,(H2,20,21,22). The molecule has 0 radical (unpaired) electrons. The molecule has 1 heterocycles. The molecular weight excluding hydrogens is 300 g/mol. The summed E-state index contributed by atoms with van der Waals surface area (Å²) < 4.78 is 5.06. The number of aliphatic imine (C=N–C) groups is 1. The normalized spacial score (nSPS) is 15.2. The second-order valence-electron chi connectivity index (χ2n) is 6.18. The van der Waals surface area contributed by atoms with Crippen LogP contribution < -0.4 is 10.6 Å². The Bertz CT molecular complexity index is 504. The predicted molar refractivity (Wildman–Crippen MR) is 101 cm³/mol. The highest BCUT2D eigenvalue weighted by atomic mass is 16.5. The van der Waals surface area contributed by atoms with Crippen LogP contribution in [0.25, 0.3) is 0 Å². The molecule has 0 fully saturated rings. The zero-order chi connectivity index (χ0) is 17.0. The molecule has 1 aliphatic heterocycles. The first-order chi connectivity index (χ1) is 11.8. The molecule has 0 aromatic heterocycles. The van der Waals surface area contributed by atoms with Crippen molar-refractivity contribution in [1.82, 2.24) is 15.5 Å². The second kappa shape index (κ2) is 11.0. The number of fused-ring (bicyclic) bond motifs is 1.